The second kappa shape index (κ2) is 6.23. The summed E-state index contributed by atoms with van der Waals surface area (Å²) in [6, 6.07) is 1.80. The fourth-order valence-corrected chi connectivity index (χ4v) is 3.12. The lowest BCUT2D eigenvalue weighted by Crippen LogP contribution is -2.39. The molecule has 0 aromatic rings. The van der Waals surface area contributed by atoms with Crippen LogP contribution in [0.5, 0.6) is 0 Å². The van der Waals surface area contributed by atoms with Crippen LogP contribution >= 0.6 is 11.6 Å². The molecule has 0 unspecified atom stereocenters. The molecule has 0 N–H and O–H groups in total. The van der Waals surface area contributed by atoms with Crippen LogP contribution in [-0.4, -0.2) is 36.9 Å². The summed E-state index contributed by atoms with van der Waals surface area (Å²) < 4.78 is 24.5. The number of hydrogen-bond acceptors (Lipinski definition) is 3. The van der Waals surface area contributed by atoms with Gasteiger partial charge in [-0.1, -0.05) is 0 Å². The maximum absolute atomic E-state index is 11.6. The van der Waals surface area contributed by atoms with Crippen LogP contribution in [0.1, 0.15) is 20.3 Å². The van der Waals surface area contributed by atoms with Crippen molar-refractivity contribution in [2.24, 2.45) is 0 Å². The highest BCUT2D eigenvalue weighted by Gasteiger charge is 2.23. The normalized spacial score (nSPS) is 12.0. The molecule has 0 spiro atoms. The Balaban J connectivity index is 4.58. The van der Waals surface area contributed by atoms with Crippen molar-refractivity contribution in [1.29, 1.82) is 5.26 Å². The Bertz CT molecular complexity index is 295. The van der Waals surface area contributed by atoms with Gasteiger partial charge in [-0.25, -0.2) is 8.42 Å². The highest BCUT2D eigenvalue weighted by Crippen LogP contribution is 2.08. The lowest BCUT2D eigenvalue weighted by atomic mass is 10.3. The van der Waals surface area contributed by atoms with E-state index in [0.29, 0.717) is 0 Å². The number of alkyl halides is 1. The van der Waals surface area contributed by atoms with Gasteiger partial charge >= 0.3 is 0 Å². The molecule has 0 radical (unpaired) electrons. The van der Waals surface area contributed by atoms with Crippen molar-refractivity contribution in [3.05, 3.63) is 0 Å². The molecule has 0 aliphatic heterocycles. The number of hydrogen-bond donors (Lipinski definition) is 0. The van der Waals surface area contributed by atoms with E-state index in [1.807, 2.05) is 6.07 Å². The Labute approximate surface area is 90.5 Å². The molecule has 82 valence electrons. The van der Waals surface area contributed by atoms with Crippen LogP contribution in [0.25, 0.3) is 0 Å². The first-order valence-corrected chi connectivity index (χ1v) is 6.52. The number of nitrogens with zero attached hydrogens (tertiary/aromatic N) is 2. The largest absolute Gasteiger partial charge is 0.215 e. The van der Waals surface area contributed by atoms with Crippen molar-refractivity contribution >= 4 is 21.6 Å². The van der Waals surface area contributed by atoms with Crippen LogP contribution in [0, 0.1) is 11.3 Å². The van der Waals surface area contributed by atoms with E-state index in [1.54, 1.807) is 13.8 Å². The molecule has 0 aliphatic carbocycles. The van der Waals surface area contributed by atoms with Crippen molar-refractivity contribution < 1.29 is 8.42 Å². The summed E-state index contributed by atoms with van der Waals surface area (Å²) in [5, 5.41) is 8.40. The first-order chi connectivity index (χ1) is 6.45. The van der Waals surface area contributed by atoms with Crippen molar-refractivity contribution in [3.63, 3.8) is 0 Å². The van der Waals surface area contributed by atoms with Gasteiger partial charge in [0.1, 0.15) is 0 Å². The Hall–Kier alpha value is -0.310. The summed E-state index contributed by atoms with van der Waals surface area (Å²) in [7, 11) is -3.29. The summed E-state index contributed by atoms with van der Waals surface area (Å²) in [5.41, 5.74) is 0. The smallest absolute Gasteiger partial charge is 0.212 e. The molecule has 6 heteroatoms. The molecule has 0 saturated carbocycles. The Kier molecular flexibility index (Phi) is 6.09. The highest BCUT2D eigenvalue weighted by atomic mass is 35.5. The van der Waals surface area contributed by atoms with Crippen molar-refractivity contribution in [3.8, 4) is 6.07 Å². The standard InChI is InChI=1S/C8H15ClN2O2S/c1-8(2)11(6-3-5-10)14(12,13)7-4-9/h8H,3-4,6-7H2,1-2H3. The predicted octanol–water partition coefficient (Wildman–Crippen LogP) is 1.18. The minimum atomic E-state index is -3.29. The van der Waals surface area contributed by atoms with Gasteiger partial charge in [-0.2, -0.15) is 9.57 Å². The van der Waals surface area contributed by atoms with Gasteiger partial charge < -0.3 is 0 Å². The Morgan fingerprint density at radius 3 is 2.43 bits per heavy atom. The number of halogens is 1. The van der Waals surface area contributed by atoms with E-state index in [4.69, 9.17) is 16.9 Å². The maximum atomic E-state index is 11.6. The van der Waals surface area contributed by atoms with Gasteiger partial charge in [0, 0.05) is 24.9 Å². The minimum absolute atomic E-state index is 0.0713. The average molecular weight is 239 g/mol. The van der Waals surface area contributed by atoms with Gasteiger partial charge in [0.05, 0.1) is 11.8 Å². The molecule has 0 atom stereocenters. The molecule has 0 saturated heterocycles. The fourth-order valence-electron chi connectivity index (χ4n) is 1.09. The second-order valence-corrected chi connectivity index (χ2v) is 5.54. The van der Waals surface area contributed by atoms with Crippen molar-refractivity contribution in [2.45, 2.75) is 26.3 Å². The van der Waals surface area contributed by atoms with Crippen LogP contribution in [0.2, 0.25) is 0 Å². The third-order valence-electron chi connectivity index (χ3n) is 1.71. The monoisotopic (exact) mass is 238 g/mol. The molecule has 0 amide bonds. The molecule has 0 aromatic heterocycles. The van der Waals surface area contributed by atoms with Crippen LogP contribution in [-0.2, 0) is 10.0 Å². The molecule has 0 aromatic carbocycles. The molecule has 0 bridgehead atoms. The molecular formula is C8H15ClN2O2S. The summed E-state index contributed by atoms with van der Waals surface area (Å²) >= 11 is 5.40. The van der Waals surface area contributed by atoms with E-state index in [0.717, 1.165) is 0 Å². The average Bonchev–Trinajstić information content (AvgIpc) is 2.03. The van der Waals surface area contributed by atoms with E-state index in [9.17, 15) is 8.42 Å². The Morgan fingerprint density at radius 2 is 2.07 bits per heavy atom. The van der Waals surface area contributed by atoms with Gasteiger partial charge in [-0.3, -0.25) is 0 Å². The van der Waals surface area contributed by atoms with Crippen LogP contribution in [0.3, 0.4) is 0 Å². The number of sulfonamides is 1. The number of nitriles is 1. The zero-order chi connectivity index (χ0) is 11.2. The van der Waals surface area contributed by atoms with Crippen LogP contribution in [0.4, 0.5) is 0 Å². The lowest BCUT2D eigenvalue weighted by molar-refractivity contribution is 0.361. The SMILES string of the molecule is CC(C)N(CCC#N)S(=O)(=O)CCCl. The molecular weight excluding hydrogens is 224 g/mol. The third-order valence-corrected chi connectivity index (χ3v) is 4.16. The number of rotatable bonds is 6. The predicted molar refractivity (Wildman–Crippen MR) is 56.6 cm³/mol. The Morgan fingerprint density at radius 1 is 1.50 bits per heavy atom. The zero-order valence-electron chi connectivity index (χ0n) is 8.40. The molecule has 4 nitrogen and oxygen atoms in total. The zero-order valence-corrected chi connectivity index (χ0v) is 9.98. The summed E-state index contributed by atoms with van der Waals surface area (Å²) in [6.07, 6.45) is 0.208. The molecule has 0 aliphatic rings. The highest BCUT2D eigenvalue weighted by molar-refractivity contribution is 7.89. The molecule has 14 heavy (non-hydrogen) atoms. The van der Waals surface area contributed by atoms with E-state index in [2.05, 4.69) is 0 Å². The van der Waals surface area contributed by atoms with Crippen LogP contribution < -0.4 is 0 Å². The van der Waals surface area contributed by atoms with Crippen molar-refractivity contribution in [1.82, 2.24) is 4.31 Å². The topological polar surface area (TPSA) is 61.2 Å². The van der Waals surface area contributed by atoms with Gasteiger partial charge in [0.15, 0.2) is 0 Å². The molecule has 0 rings (SSSR count). The lowest BCUT2D eigenvalue weighted by Gasteiger charge is -2.24. The minimum Gasteiger partial charge on any atom is -0.212 e. The van der Waals surface area contributed by atoms with Gasteiger partial charge in [0.25, 0.3) is 0 Å². The van der Waals surface area contributed by atoms with Gasteiger partial charge in [-0.05, 0) is 13.8 Å². The fraction of sp³-hybridized carbons (Fsp3) is 0.875. The molecule has 0 heterocycles. The summed E-state index contributed by atoms with van der Waals surface area (Å²) in [5.74, 6) is 0.0102. The molecule has 0 fully saturated rings. The van der Waals surface area contributed by atoms with E-state index in [-0.39, 0.29) is 30.6 Å². The van der Waals surface area contributed by atoms with Crippen LogP contribution in [0.15, 0.2) is 0 Å². The van der Waals surface area contributed by atoms with E-state index < -0.39 is 10.0 Å². The quantitative estimate of drug-likeness (QED) is 0.653. The van der Waals surface area contributed by atoms with E-state index in [1.165, 1.54) is 4.31 Å². The first kappa shape index (κ1) is 13.7. The second-order valence-electron chi connectivity index (χ2n) is 3.12. The van der Waals surface area contributed by atoms with Gasteiger partial charge in [-0.15, -0.1) is 11.6 Å². The van der Waals surface area contributed by atoms with Gasteiger partial charge in [0.2, 0.25) is 10.0 Å². The first-order valence-electron chi connectivity index (χ1n) is 4.38. The summed E-state index contributed by atoms with van der Waals surface area (Å²) in [6.45, 7) is 3.81. The third kappa shape index (κ3) is 4.27. The summed E-state index contributed by atoms with van der Waals surface area (Å²) in [4.78, 5) is 0. The van der Waals surface area contributed by atoms with Crippen molar-refractivity contribution in [2.75, 3.05) is 18.2 Å². The van der Waals surface area contributed by atoms with E-state index >= 15 is 0 Å². The maximum Gasteiger partial charge on any atom is 0.215 e.